The van der Waals surface area contributed by atoms with Crippen LogP contribution in [0.1, 0.15) is 97.3 Å². The Kier molecular flexibility index (Phi) is 19.9. The molecular formula is C27H44F3NO6S. The Morgan fingerprint density at radius 1 is 0.974 bits per heavy atom. The predicted molar refractivity (Wildman–Crippen MR) is 143 cm³/mol. The molecule has 0 aliphatic rings. The zero-order valence-corrected chi connectivity index (χ0v) is 23.6. The minimum Gasteiger partial charge on any atom is -0.481 e. The molecule has 0 aromatic carbocycles. The summed E-state index contributed by atoms with van der Waals surface area (Å²) in [6.45, 7) is 3.70. The van der Waals surface area contributed by atoms with Crippen molar-refractivity contribution >= 4 is 29.6 Å². The van der Waals surface area contributed by atoms with E-state index in [0.29, 0.717) is 6.42 Å². The van der Waals surface area contributed by atoms with Crippen LogP contribution < -0.4 is 5.32 Å². The van der Waals surface area contributed by atoms with Gasteiger partial charge in [-0.2, -0.15) is 13.2 Å². The van der Waals surface area contributed by atoms with Crippen LogP contribution >= 0.6 is 11.8 Å². The van der Waals surface area contributed by atoms with Crippen LogP contribution in [-0.4, -0.2) is 64.5 Å². The molecule has 0 saturated carbocycles. The number of unbranched alkanes of at least 4 members (excludes halogenated alkanes) is 10. The number of rotatable bonds is 20. The number of aliphatic carboxylic acids is 1. The summed E-state index contributed by atoms with van der Waals surface area (Å²) in [7, 11) is 0.992. The first-order valence-corrected chi connectivity index (χ1v) is 14.4. The molecule has 220 valence electrons. The number of methoxy groups -OCH3 is 1. The molecule has 0 spiro atoms. The maximum absolute atomic E-state index is 12.7. The van der Waals surface area contributed by atoms with Gasteiger partial charge in [-0.15, -0.1) is 17.7 Å². The van der Waals surface area contributed by atoms with Crippen LogP contribution in [0, 0.1) is 17.8 Å². The van der Waals surface area contributed by atoms with Crippen molar-refractivity contribution in [1.82, 2.24) is 5.32 Å². The Hall–Kier alpha value is -1.93. The standard InChI is InChI=1S/C27H44F3NO6S/c1-4-5-6-7-8-9-10-11-12-13-14-15-16-23(22(32)18-17-20(2)24(33)34)38-19-21(25(35)37-3)31-26(36)27(28,29)30/h20-23,32H,4-14,17-19H2,1-3H3,(H,31,36)(H,33,34)/t20?,21-,22+,23-/m0/s1. The summed E-state index contributed by atoms with van der Waals surface area (Å²) < 4.78 is 42.5. The van der Waals surface area contributed by atoms with E-state index < -0.39 is 47.3 Å². The van der Waals surface area contributed by atoms with Crippen LogP contribution in [0.25, 0.3) is 0 Å². The van der Waals surface area contributed by atoms with Gasteiger partial charge in [0.25, 0.3) is 0 Å². The van der Waals surface area contributed by atoms with Crippen LogP contribution in [0.3, 0.4) is 0 Å². The van der Waals surface area contributed by atoms with Crippen molar-refractivity contribution in [3.8, 4) is 11.8 Å². The van der Waals surface area contributed by atoms with Crippen molar-refractivity contribution in [2.24, 2.45) is 5.92 Å². The summed E-state index contributed by atoms with van der Waals surface area (Å²) in [4.78, 5) is 34.4. The van der Waals surface area contributed by atoms with Crippen LogP contribution in [0.4, 0.5) is 13.2 Å². The average Bonchev–Trinajstić information content (AvgIpc) is 2.87. The number of aliphatic hydroxyl groups excluding tert-OH is 1. The second-order valence-corrected chi connectivity index (χ2v) is 10.6. The zero-order chi connectivity index (χ0) is 29.0. The summed E-state index contributed by atoms with van der Waals surface area (Å²) in [5.41, 5.74) is 0. The molecule has 0 aliphatic carbocycles. The quantitative estimate of drug-likeness (QED) is 0.101. The van der Waals surface area contributed by atoms with Gasteiger partial charge in [0.15, 0.2) is 0 Å². The summed E-state index contributed by atoms with van der Waals surface area (Å²) in [6, 6.07) is -1.59. The number of amides is 1. The maximum atomic E-state index is 12.7. The van der Waals surface area contributed by atoms with E-state index in [0.717, 1.165) is 38.1 Å². The smallest absolute Gasteiger partial charge is 0.471 e. The number of nitrogens with one attached hydrogen (secondary N) is 1. The van der Waals surface area contributed by atoms with E-state index in [1.54, 1.807) is 5.32 Å². The molecule has 0 radical (unpaired) electrons. The number of carbonyl (C=O) groups is 3. The first-order chi connectivity index (χ1) is 17.9. The second kappa shape index (κ2) is 21.0. The van der Waals surface area contributed by atoms with Gasteiger partial charge in [-0.1, -0.05) is 77.6 Å². The van der Waals surface area contributed by atoms with Gasteiger partial charge in [0, 0.05) is 12.2 Å². The van der Waals surface area contributed by atoms with E-state index >= 15 is 0 Å². The van der Waals surface area contributed by atoms with Gasteiger partial charge in [0.2, 0.25) is 0 Å². The van der Waals surface area contributed by atoms with Crippen LogP contribution in [-0.2, 0) is 19.1 Å². The highest BCUT2D eigenvalue weighted by atomic mass is 32.2. The van der Waals surface area contributed by atoms with Crippen molar-refractivity contribution in [2.45, 2.75) is 121 Å². The highest BCUT2D eigenvalue weighted by molar-refractivity contribution is 8.00. The normalized spacial score (nSPS) is 14.5. The third-order valence-electron chi connectivity index (χ3n) is 6.06. The number of thioether (sulfide) groups is 1. The van der Waals surface area contributed by atoms with E-state index in [-0.39, 0.29) is 18.6 Å². The van der Waals surface area contributed by atoms with Gasteiger partial charge >= 0.3 is 24.0 Å². The van der Waals surface area contributed by atoms with Gasteiger partial charge in [0.05, 0.1) is 24.4 Å². The van der Waals surface area contributed by atoms with E-state index in [1.807, 2.05) is 0 Å². The topological polar surface area (TPSA) is 113 Å². The Labute approximate surface area is 229 Å². The Balaban J connectivity index is 4.94. The van der Waals surface area contributed by atoms with Crippen molar-refractivity contribution in [3.63, 3.8) is 0 Å². The number of esters is 1. The van der Waals surface area contributed by atoms with Crippen LogP contribution in [0.15, 0.2) is 0 Å². The zero-order valence-electron chi connectivity index (χ0n) is 22.8. The molecule has 0 aromatic rings. The predicted octanol–water partition coefficient (Wildman–Crippen LogP) is 5.48. The first kappa shape index (κ1) is 36.1. The Morgan fingerprint density at radius 2 is 1.53 bits per heavy atom. The molecule has 0 bridgehead atoms. The summed E-state index contributed by atoms with van der Waals surface area (Å²) in [6.07, 6.45) is 6.39. The van der Waals surface area contributed by atoms with Gasteiger partial charge in [-0.3, -0.25) is 9.59 Å². The monoisotopic (exact) mass is 567 g/mol. The number of carboxylic acids is 1. The SMILES string of the molecule is CCCCCCCCCCCCC#C[C@H](SC[C@H](NC(=O)C(F)(F)F)C(=O)OC)[C@H](O)CCC(C)C(=O)O. The second-order valence-electron chi connectivity index (χ2n) is 9.44. The molecule has 4 atom stereocenters. The van der Waals surface area contributed by atoms with Gasteiger partial charge < -0.3 is 20.3 Å². The molecule has 0 heterocycles. The summed E-state index contributed by atoms with van der Waals surface area (Å²) in [5, 5.41) is 20.5. The van der Waals surface area contributed by atoms with Crippen molar-refractivity contribution < 1.29 is 42.5 Å². The number of halogens is 3. The Morgan fingerprint density at radius 3 is 2.03 bits per heavy atom. The fourth-order valence-electron chi connectivity index (χ4n) is 3.57. The maximum Gasteiger partial charge on any atom is 0.471 e. The van der Waals surface area contributed by atoms with E-state index in [4.69, 9.17) is 5.11 Å². The van der Waals surface area contributed by atoms with Crippen molar-refractivity contribution in [3.05, 3.63) is 0 Å². The first-order valence-electron chi connectivity index (χ1n) is 13.4. The van der Waals surface area contributed by atoms with Crippen LogP contribution in [0.5, 0.6) is 0 Å². The molecule has 11 heteroatoms. The van der Waals surface area contributed by atoms with Crippen molar-refractivity contribution in [1.29, 1.82) is 0 Å². The number of aliphatic hydroxyl groups is 1. The minimum atomic E-state index is -5.17. The number of carbonyl (C=O) groups excluding carboxylic acids is 2. The summed E-state index contributed by atoms with van der Waals surface area (Å²) >= 11 is 0.923. The number of ether oxygens (including phenoxy) is 1. The molecule has 0 saturated heterocycles. The third kappa shape index (κ3) is 17.6. The lowest BCUT2D eigenvalue weighted by atomic mass is 10.0. The number of hydrogen-bond donors (Lipinski definition) is 3. The lowest BCUT2D eigenvalue weighted by Crippen LogP contribution is -2.49. The van der Waals surface area contributed by atoms with E-state index in [9.17, 15) is 32.7 Å². The lowest BCUT2D eigenvalue weighted by molar-refractivity contribution is -0.175. The highest BCUT2D eigenvalue weighted by Crippen LogP contribution is 2.22. The summed E-state index contributed by atoms with van der Waals surface area (Å²) in [5.74, 6) is 0.602. The van der Waals surface area contributed by atoms with Gasteiger partial charge in [-0.05, 0) is 19.3 Å². The molecule has 38 heavy (non-hydrogen) atoms. The molecule has 3 N–H and O–H groups in total. The van der Waals surface area contributed by atoms with Crippen LogP contribution in [0.2, 0.25) is 0 Å². The molecule has 1 unspecified atom stereocenters. The average molecular weight is 568 g/mol. The number of hydrogen-bond acceptors (Lipinski definition) is 6. The largest absolute Gasteiger partial charge is 0.481 e. The molecular weight excluding hydrogens is 523 g/mol. The van der Waals surface area contributed by atoms with E-state index in [1.165, 1.54) is 51.9 Å². The molecule has 0 rings (SSSR count). The third-order valence-corrected chi connectivity index (χ3v) is 7.37. The van der Waals surface area contributed by atoms with E-state index in [2.05, 4.69) is 23.5 Å². The molecule has 0 aromatic heterocycles. The molecule has 0 fully saturated rings. The number of carboxylic acid groups (broad SMARTS) is 1. The molecule has 7 nitrogen and oxygen atoms in total. The molecule has 0 aliphatic heterocycles. The van der Waals surface area contributed by atoms with Gasteiger partial charge in [0.1, 0.15) is 6.04 Å². The number of alkyl halides is 3. The molecule has 1 amide bonds. The fourth-order valence-corrected chi connectivity index (χ4v) is 4.71. The Bertz CT molecular complexity index is 753. The lowest BCUT2D eigenvalue weighted by Gasteiger charge is -2.22. The minimum absolute atomic E-state index is 0.107. The highest BCUT2D eigenvalue weighted by Gasteiger charge is 2.41. The fraction of sp³-hybridized carbons (Fsp3) is 0.815. The van der Waals surface area contributed by atoms with Crippen molar-refractivity contribution in [2.75, 3.05) is 12.9 Å². The van der Waals surface area contributed by atoms with Gasteiger partial charge in [-0.25, -0.2) is 4.79 Å².